The van der Waals surface area contributed by atoms with Gasteiger partial charge >= 0.3 is 0 Å². The molecule has 0 unspecified atom stereocenters. The van der Waals surface area contributed by atoms with Crippen molar-refractivity contribution >= 4 is 5.97 Å². The summed E-state index contributed by atoms with van der Waals surface area (Å²) in [6, 6.07) is 0. The Hall–Kier alpha value is -0.610. The first kappa shape index (κ1) is 12.4. The first-order valence-corrected chi connectivity index (χ1v) is 4.69. The van der Waals surface area contributed by atoms with Crippen LogP contribution in [0.3, 0.4) is 0 Å². The zero-order valence-electron chi connectivity index (χ0n) is 8.20. The zero-order valence-corrected chi connectivity index (χ0v) is 8.20. The Morgan fingerprint density at radius 3 is 2.15 bits per heavy atom. The molecule has 4 nitrogen and oxygen atoms in total. The van der Waals surface area contributed by atoms with Crippen molar-refractivity contribution in [3.63, 3.8) is 0 Å². The lowest BCUT2D eigenvalue weighted by molar-refractivity contribution is -0.134. The van der Waals surface area contributed by atoms with E-state index in [0.29, 0.717) is 6.61 Å². The lowest BCUT2D eigenvalue weighted by Gasteiger charge is -2.25. The van der Waals surface area contributed by atoms with Gasteiger partial charge in [0.05, 0.1) is 6.61 Å². The average Bonchev–Trinajstić information content (AvgIpc) is 2.06. The summed E-state index contributed by atoms with van der Waals surface area (Å²) < 4.78 is 0. The van der Waals surface area contributed by atoms with Gasteiger partial charge in [0.25, 0.3) is 5.97 Å². The van der Waals surface area contributed by atoms with Gasteiger partial charge in [0.2, 0.25) is 0 Å². The van der Waals surface area contributed by atoms with Crippen molar-refractivity contribution in [3.8, 4) is 0 Å². The molecule has 2 N–H and O–H groups in total. The monoisotopic (exact) mass is 189 g/mol. The van der Waals surface area contributed by atoms with Crippen molar-refractivity contribution in [2.24, 2.45) is 0 Å². The predicted octanol–water partition coefficient (Wildman–Crippen LogP) is 0.555. The second-order valence-corrected chi connectivity index (χ2v) is 3.14. The van der Waals surface area contributed by atoms with Gasteiger partial charge in [-0.25, -0.2) is 0 Å². The van der Waals surface area contributed by atoms with E-state index in [2.05, 4.69) is 4.90 Å². The molecule has 1 fully saturated rings. The minimum Gasteiger partial charge on any atom is -0.481 e. The Morgan fingerprint density at radius 2 is 1.77 bits per heavy atom. The molecule has 0 amide bonds. The van der Waals surface area contributed by atoms with E-state index >= 15 is 0 Å². The van der Waals surface area contributed by atoms with Gasteiger partial charge in [0.1, 0.15) is 0 Å². The highest BCUT2D eigenvalue weighted by molar-refractivity contribution is 5.62. The van der Waals surface area contributed by atoms with Crippen LogP contribution in [0.2, 0.25) is 0 Å². The number of aliphatic hydroxyl groups is 1. The number of hydrogen-bond donors (Lipinski definition) is 2. The number of rotatable bonds is 2. The number of nitrogens with zero attached hydrogens (tertiary/aromatic N) is 1. The van der Waals surface area contributed by atoms with Crippen molar-refractivity contribution in [1.82, 2.24) is 4.90 Å². The summed E-state index contributed by atoms with van der Waals surface area (Å²) in [5.74, 6) is -0.833. The van der Waals surface area contributed by atoms with Crippen LogP contribution in [0.4, 0.5) is 0 Å². The maximum absolute atomic E-state index is 9.00. The third kappa shape index (κ3) is 9.30. The molecule has 1 heterocycles. The maximum Gasteiger partial charge on any atom is 0.300 e. The first-order valence-electron chi connectivity index (χ1n) is 4.69. The molecule has 0 aromatic carbocycles. The van der Waals surface area contributed by atoms with Crippen LogP contribution in [0.1, 0.15) is 26.2 Å². The van der Waals surface area contributed by atoms with E-state index in [1.165, 1.54) is 32.4 Å². The van der Waals surface area contributed by atoms with Crippen LogP contribution in [0, 0.1) is 0 Å². The number of β-amino-alcohol motifs (C(OH)–C–C–N with tert-alkyl or cyclic N) is 1. The van der Waals surface area contributed by atoms with Crippen molar-refractivity contribution < 1.29 is 15.0 Å². The second kappa shape index (κ2) is 8.01. The van der Waals surface area contributed by atoms with Crippen molar-refractivity contribution in [1.29, 1.82) is 0 Å². The summed E-state index contributed by atoms with van der Waals surface area (Å²) in [4.78, 5) is 11.3. The Morgan fingerprint density at radius 1 is 1.31 bits per heavy atom. The third-order valence-corrected chi connectivity index (χ3v) is 1.86. The lowest BCUT2D eigenvalue weighted by atomic mass is 10.1. The molecular formula is C9H19NO3. The highest BCUT2D eigenvalue weighted by Gasteiger charge is 2.07. The summed E-state index contributed by atoms with van der Waals surface area (Å²) in [6.45, 7) is 4.67. The topological polar surface area (TPSA) is 60.8 Å². The summed E-state index contributed by atoms with van der Waals surface area (Å²) >= 11 is 0. The number of likely N-dealkylation sites (tertiary alicyclic amines) is 1. The summed E-state index contributed by atoms with van der Waals surface area (Å²) in [7, 11) is 0. The number of aliphatic hydroxyl groups excluding tert-OH is 1. The van der Waals surface area contributed by atoms with E-state index in [1.54, 1.807) is 0 Å². The smallest absolute Gasteiger partial charge is 0.300 e. The van der Waals surface area contributed by atoms with Gasteiger partial charge in [-0.2, -0.15) is 0 Å². The Labute approximate surface area is 79.2 Å². The van der Waals surface area contributed by atoms with E-state index in [0.717, 1.165) is 13.5 Å². The number of carboxylic acids is 1. The molecule has 0 aliphatic carbocycles. The number of carboxylic acid groups (broad SMARTS) is 1. The van der Waals surface area contributed by atoms with Crippen LogP contribution < -0.4 is 0 Å². The minimum absolute atomic E-state index is 0.319. The predicted molar refractivity (Wildman–Crippen MR) is 50.7 cm³/mol. The Balaban J connectivity index is 0.000000310. The van der Waals surface area contributed by atoms with Crippen LogP contribution in [0.25, 0.3) is 0 Å². The number of carbonyl (C=O) groups is 1. The third-order valence-electron chi connectivity index (χ3n) is 1.86. The molecule has 0 aromatic heterocycles. The molecule has 0 bridgehead atoms. The van der Waals surface area contributed by atoms with E-state index in [4.69, 9.17) is 15.0 Å². The SMILES string of the molecule is CC(=O)O.OCCN1CCCCC1. The maximum atomic E-state index is 9.00. The summed E-state index contributed by atoms with van der Waals surface area (Å²) in [5.41, 5.74) is 0. The van der Waals surface area contributed by atoms with Crippen molar-refractivity contribution in [2.45, 2.75) is 26.2 Å². The fraction of sp³-hybridized carbons (Fsp3) is 0.889. The Bertz CT molecular complexity index is 126. The molecule has 1 aliphatic heterocycles. The van der Waals surface area contributed by atoms with Gasteiger partial charge in [-0.05, 0) is 25.9 Å². The fourth-order valence-corrected chi connectivity index (χ4v) is 1.32. The molecule has 4 heteroatoms. The second-order valence-electron chi connectivity index (χ2n) is 3.14. The van der Waals surface area contributed by atoms with Crippen molar-refractivity contribution in [2.75, 3.05) is 26.2 Å². The van der Waals surface area contributed by atoms with Gasteiger partial charge in [-0.15, -0.1) is 0 Å². The molecule has 0 atom stereocenters. The van der Waals surface area contributed by atoms with E-state index in [1.807, 2.05) is 0 Å². The van der Waals surface area contributed by atoms with E-state index < -0.39 is 5.97 Å². The minimum atomic E-state index is -0.833. The van der Waals surface area contributed by atoms with Crippen LogP contribution in [-0.2, 0) is 4.79 Å². The molecule has 1 aliphatic rings. The van der Waals surface area contributed by atoms with Crippen LogP contribution in [-0.4, -0.2) is 47.3 Å². The van der Waals surface area contributed by atoms with Crippen LogP contribution in [0.15, 0.2) is 0 Å². The molecule has 13 heavy (non-hydrogen) atoms. The van der Waals surface area contributed by atoms with E-state index in [9.17, 15) is 0 Å². The quantitative estimate of drug-likeness (QED) is 0.666. The van der Waals surface area contributed by atoms with Gasteiger partial charge in [-0.3, -0.25) is 4.79 Å². The summed E-state index contributed by atoms with van der Waals surface area (Å²) in [6.07, 6.45) is 4.02. The van der Waals surface area contributed by atoms with Gasteiger partial charge in [-0.1, -0.05) is 6.42 Å². The van der Waals surface area contributed by atoms with Crippen molar-refractivity contribution in [3.05, 3.63) is 0 Å². The molecular weight excluding hydrogens is 170 g/mol. The highest BCUT2D eigenvalue weighted by Crippen LogP contribution is 2.06. The van der Waals surface area contributed by atoms with Crippen LogP contribution >= 0.6 is 0 Å². The average molecular weight is 189 g/mol. The largest absolute Gasteiger partial charge is 0.481 e. The molecule has 1 saturated heterocycles. The number of hydrogen-bond acceptors (Lipinski definition) is 3. The first-order chi connectivity index (χ1) is 6.16. The Kier molecular flexibility index (Phi) is 7.63. The molecule has 0 saturated carbocycles. The zero-order chi connectivity index (χ0) is 10.1. The summed E-state index contributed by atoms with van der Waals surface area (Å²) in [5, 5.41) is 16.0. The normalized spacial score (nSPS) is 17.4. The van der Waals surface area contributed by atoms with Gasteiger partial charge < -0.3 is 15.1 Å². The highest BCUT2D eigenvalue weighted by atomic mass is 16.4. The molecule has 78 valence electrons. The number of piperidine rings is 1. The molecule has 0 spiro atoms. The lowest BCUT2D eigenvalue weighted by Crippen LogP contribution is -2.31. The van der Waals surface area contributed by atoms with Crippen LogP contribution in [0.5, 0.6) is 0 Å². The standard InChI is InChI=1S/C7H15NO.C2H4O2/c9-7-6-8-4-2-1-3-5-8;1-2(3)4/h9H,1-7H2;1H3,(H,3,4). The molecule has 0 aromatic rings. The van der Waals surface area contributed by atoms with Gasteiger partial charge in [0, 0.05) is 13.5 Å². The number of aliphatic carboxylic acids is 1. The molecule has 1 rings (SSSR count). The fourth-order valence-electron chi connectivity index (χ4n) is 1.32. The van der Waals surface area contributed by atoms with E-state index in [-0.39, 0.29) is 0 Å². The molecule has 0 radical (unpaired) electrons. The van der Waals surface area contributed by atoms with Gasteiger partial charge in [0.15, 0.2) is 0 Å².